The molecule has 2 aromatic carbocycles. The molecule has 0 saturated carbocycles. The molecule has 0 aliphatic heterocycles. The highest BCUT2D eigenvalue weighted by Crippen LogP contribution is 2.24. The van der Waals surface area contributed by atoms with Crippen LogP contribution >= 0.6 is 0 Å². The predicted molar refractivity (Wildman–Crippen MR) is 104 cm³/mol. The molecule has 0 saturated heterocycles. The first-order valence-electron chi connectivity index (χ1n) is 8.61. The first kappa shape index (κ1) is 18.9. The Morgan fingerprint density at radius 3 is 2.79 bits per heavy atom. The number of nitriles is 1. The van der Waals surface area contributed by atoms with Crippen LogP contribution in [0.5, 0.6) is 5.75 Å². The Hall–Kier alpha value is -3.85. The minimum Gasteiger partial charge on any atom is -0.494 e. The summed E-state index contributed by atoms with van der Waals surface area (Å²) in [6, 6.07) is 18.0. The number of nitrogens with one attached hydrogen (secondary N) is 1. The first-order valence-corrected chi connectivity index (χ1v) is 8.61. The molecule has 3 rings (SSSR count). The smallest absolute Gasteiger partial charge is 0.266 e. The SMILES string of the molecule is CCOc1cccc(NC(=O)/C(C#N)=C\c2ccc(-c3cccc(F)c3)o2)c1. The van der Waals surface area contributed by atoms with E-state index in [1.54, 1.807) is 48.5 Å². The van der Waals surface area contributed by atoms with E-state index in [1.807, 2.05) is 13.0 Å². The van der Waals surface area contributed by atoms with Crippen molar-refractivity contribution in [3.63, 3.8) is 0 Å². The van der Waals surface area contributed by atoms with E-state index in [0.717, 1.165) is 0 Å². The molecule has 1 N–H and O–H groups in total. The van der Waals surface area contributed by atoms with E-state index in [9.17, 15) is 14.4 Å². The lowest BCUT2D eigenvalue weighted by atomic mass is 10.2. The van der Waals surface area contributed by atoms with Crippen LogP contribution in [-0.2, 0) is 4.79 Å². The number of halogens is 1. The molecule has 28 heavy (non-hydrogen) atoms. The second-order valence-corrected chi connectivity index (χ2v) is 5.80. The maximum Gasteiger partial charge on any atom is 0.266 e. The van der Waals surface area contributed by atoms with Gasteiger partial charge in [0.25, 0.3) is 5.91 Å². The van der Waals surface area contributed by atoms with Gasteiger partial charge in [-0.25, -0.2) is 4.39 Å². The van der Waals surface area contributed by atoms with Crippen molar-refractivity contribution in [2.45, 2.75) is 6.92 Å². The zero-order chi connectivity index (χ0) is 19.9. The average molecular weight is 376 g/mol. The van der Waals surface area contributed by atoms with Crippen molar-refractivity contribution in [1.29, 1.82) is 5.26 Å². The maximum atomic E-state index is 13.4. The molecule has 0 bridgehead atoms. The van der Waals surface area contributed by atoms with E-state index >= 15 is 0 Å². The van der Waals surface area contributed by atoms with E-state index in [2.05, 4.69) is 5.32 Å². The van der Waals surface area contributed by atoms with Gasteiger partial charge in [-0.15, -0.1) is 0 Å². The molecular weight excluding hydrogens is 359 g/mol. The fourth-order valence-corrected chi connectivity index (χ4v) is 2.55. The standard InChI is InChI=1S/C22H17FN2O3/c1-2-27-19-8-4-7-18(13-19)25-22(26)16(14-24)12-20-9-10-21(28-20)15-5-3-6-17(23)11-15/h3-13H,2H2,1H3,(H,25,26)/b16-12-. The van der Waals surface area contributed by atoms with Gasteiger partial charge in [-0.2, -0.15) is 5.26 Å². The summed E-state index contributed by atoms with van der Waals surface area (Å²) >= 11 is 0. The number of hydrogen-bond donors (Lipinski definition) is 1. The molecule has 0 unspecified atom stereocenters. The Balaban J connectivity index is 1.78. The van der Waals surface area contributed by atoms with Crippen LogP contribution in [0.3, 0.4) is 0 Å². The van der Waals surface area contributed by atoms with Gasteiger partial charge >= 0.3 is 0 Å². The number of nitrogens with zero attached hydrogens (tertiary/aromatic N) is 1. The van der Waals surface area contributed by atoms with Crippen molar-refractivity contribution in [3.05, 3.63) is 77.8 Å². The third-order valence-corrected chi connectivity index (χ3v) is 3.79. The molecule has 5 nitrogen and oxygen atoms in total. The van der Waals surface area contributed by atoms with Crippen LogP contribution in [0, 0.1) is 17.1 Å². The third kappa shape index (κ3) is 4.65. The van der Waals surface area contributed by atoms with Crippen LogP contribution in [-0.4, -0.2) is 12.5 Å². The average Bonchev–Trinajstić information content (AvgIpc) is 3.15. The number of anilines is 1. The van der Waals surface area contributed by atoms with Crippen molar-refractivity contribution >= 4 is 17.7 Å². The van der Waals surface area contributed by atoms with Gasteiger partial charge in [0.2, 0.25) is 0 Å². The second kappa shape index (κ2) is 8.69. The molecule has 140 valence electrons. The monoisotopic (exact) mass is 376 g/mol. The van der Waals surface area contributed by atoms with Crippen LogP contribution < -0.4 is 10.1 Å². The van der Waals surface area contributed by atoms with Crippen LogP contribution in [0.1, 0.15) is 12.7 Å². The second-order valence-electron chi connectivity index (χ2n) is 5.80. The number of amides is 1. The van der Waals surface area contributed by atoms with E-state index in [0.29, 0.717) is 35.1 Å². The first-order chi connectivity index (χ1) is 13.6. The van der Waals surface area contributed by atoms with E-state index < -0.39 is 5.91 Å². The number of hydrogen-bond acceptors (Lipinski definition) is 4. The zero-order valence-corrected chi connectivity index (χ0v) is 15.1. The summed E-state index contributed by atoms with van der Waals surface area (Å²) in [7, 11) is 0. The molecule has 6 heteroatoms. The summed E-state index contributed by atoms with van der Waals surface area (Å²) in [6.07, 6.45) is 1.34. The highest BCUT2D eigenvalue weighted by molar-refractivity contribution is 6.09. The van der Waals surface area contributed by atoms with Gasteiger partial charge in [0.05, 0.1) is 6.61 Å². The minimum atomic E-state index is -0.570. The minimum absolute atomic E-state index is 0.123. The summed E-state index contributed by atoms with van der Waals surface area (Å²) in [5, 5.41) is 12.0. The van der Waals surface area contributed by atoms with E-state index in [-0.39, 0.29) is 11.4 Å². The number of carbonyl (C=O) groups excluding carboxylic acids is 1. The lowest BCUT2D eigenvalue weighted by Gasteiger charge is -2.07. The molecule has 1 amide bonds. The molecule has 0 aliphatic rings. The summed E-state index contributed by atoms with van der Waals surface area (Å²) in [6.45, 7) is 2.37. The van der Waals surface area contributed by atoms with Crippen molar-refractivity contribution in [3.8, 4) is 23.1 Å². The third-order valence-electron chi connectivity index (χ3n) is 3.79. The number of benzene rings is 2. The Labute approximate surface area is 161 Å². The van der Waals surface area contributed by atoms with Gasteiger partial charge < -0.3 is 14.5 Å². The number of furan rings is 1. The van der Waals surface area contributed by atoms with E-state index in [4.69, 9.17) is 9.15 Å². The van der Waals surface area contributed by atoms with Crippen LogP contribution in [0.2, 0.25) is 0 Å². The Bertz CT molecular complexity index is 1060. The lowest BCUT2D eigenvalue weighted by Crippen LogP contribution is -2.13. The van der Waals surface area contributed by atoms with Crippen LogP contribution in [0.25, 0.3) is 17.4 Å². The Morgan fingerprint density at radius 1 is 1.21 bits per heavy atom. The fraction of sp³-hybridized carbons (Fsp3) is 0.0909. The molecule has 0 fully saturated rings. The Kier molecular flexibility index (Phi) is 5.87. The van der Waals surface area contributed by atoms with Gasteiger partial charge in [0.1, 0.15) is 34.7 Å². The lowest BCUT2D eigenvalue weighted by molar-refractivity contribution is -0.112. The number of rotatable bonds is 6. The van der Waals surface area contributed by atoms with Crippen molar-refractivity contribution in [1.82, 2.24) is 0 Å². The van der Waals surface area contributed by atoms with Gasteiger partial charge in [-0.3, -0.25) is 4.79 Å². The summed E-state index contributed by atoms with van der Waals surface area (Å²) in [5.74, 6) is 0.424. The largest absolute Gasteiger partial charge is 0.494 e. The normalized spacial score (nSPS) is 11.0. The van der Waals surface area contributed by atoms with Crippen molar-refractivity contribution in [2.24, 2.45) is 0 Å². The highest BCUT2D eigenvalue weighted by Gasteiger charge is 2.12. The molecular formula is C22H17FN2O3. The Morgan fingerprint density at radius 2 is 2.04 bits per heavy atom. The summed E-state index contributed by atoms with van der Waals surface area (Å²) in [5.41, 5.74) is 0.953. The van der Waals surface area contributed by atoms with Crippen molar-refractivity contribution < 1.29 is 18.3 Å². The summed E-state index contributed by atoms with van der Waals surface area (Å²) in [4.78, 5) is 12.4. The number of ether oxygens (including phenoxy) is 1. The molecule has 0 spiro atoms. The zero-order valence-electron chi connectivity index (χ0n) is 15.1. The molecule has 3 aromatic rings. The quantitative estimate of drug-likeness (QED) is 0.484. The van der Waals surface area contributed by atoms with Crippen molar-refractivity contribution in [2.75, 3.05) is 11.9 Å². The maximum absolute atomic E-state index is 13.4. The van der Waals surface area contributed by atoms with Crippen LogP contribution in [0.4, 0.5) is 10.1 Å². The van der Waals surface area contributed by atoms with Gasteiger partial charge in [0, 0.05) is 23.4 Å². The molecule has 0 atom stereocenters. The van der Waals surface area contributed by atoms with Gasteiger partial charge in [0.15, 0.2) is 0 Å². The van der Waals surface area contributed by atoms with Gasteiger partial charge in [-0.1, -0.05) is 18.2 Å². The van der Waals surface area contributed by atoms with Crippen LogP contribution in [0.15, 0.2) is 70.7 Å². The number of carbonyl (C=O) groups is 1. The van der Waals surface area contributed by atoms with E-state index in [1.165, 1.54) is 18.2 Å². The molecule has 0 radical (unpaired) electrons. The summed E-state index contributed by atoms with van der Waals surface area (Å²) < 4.78 is 24.4. The predicted octanol–water partition coefficient (Wildman–Crippen LogP) is 5.03. The molecule has 0 aliphatic carbocycles. The highest BCUT2D eigenvalue weighted by atomic mass is 19.1. The fourth-order valence-electron chi connectivity index (χ4n) is 2.55. The molecule has 1 aromatic heterocycles. The topological polar surface area (TPSA) is 75.3 Å². The molecule has 1 heterocycles. The van der Waals surface area contributed by atoms with Gasteiger partial charge in [-0.05, 0) is 43.3 Å².